The predicted octanol–water partition coefficient (Wildman–Crippen LogP) is 1.31. The number of aliphatic hydroxyl groups is 3. The highest BCUT2D eigenvalue weighted by Gasteiger charge is 2.63. The molecule has 1 aliphatic heterocycles. The number of nitrogens with two attached hydrogens (primary N) is 2. The number of primary amides is 1. The van der Waals surface area contributed by atoms with Crippen molar-refractivity contribution in [1.82, 2.24) is 4.90 Å². The Hall–Kier alpha value is -3.41. The van der Waals surface area contributed by atoms with Crippen molar-refractivity contribution in [3.8, 4) is 11.5 Å². The number of aromatic hydroxyl groups is 1. The molecule has 1 heterocycles. The molecule has 0 spiro atoms. The molecule has 1 amide bonds. The first-order valence-corrected chi connectivity index (χ1v) is 13.4. The largest absolute Gasteiger partial charge is 0.508 e. The van der Waals surface area contributed by atoms with Crippen LogP contribution in [0.25, 0.3) is 5.76 Å². The van der Waals surface area contributed by atoms with Crippen LogP contribution in [0.5, 0.6) is 11.5 Å². The minimum absolute atomic E-state index is 0.0186. The summed E-state index contributed by atoms with van der Waals surface area (Å²) in [5, 5.41) is 44.7. The smallest absolute Gasteiger partial charge is 0.255 e. The standard InChI is InChI=1S/C28H35N3O8/c1-3-4-7-31-8-5-6-16(31)13-11-17(32)19-14(24(13)39-2)9-12-10-15-21(29)23(34)20(27(30)37)26(36)28(15,38)25(35)18(12)22(19)33/h11-12,15-16,21,32-33,36,38H,3-10,29H2,1-2H3,(H2,30,37)/t12-,15-,16-,21-,28-/m0/s1. The topological polar surface area (TPSA) is 197 Å². The first-order valence-electron chi connectivity index (χ1n) is 13.4. The fraction of sp³-hybridized carbons (Fsp3) is 0.536. The van der Waals surface area contributed by atoms with E-state index in [4.69, 9.17) is 16.2 Å². The summed E-state index contributed by atoms with van der Waals surface area (Å²) in [6.45, 7) is 3.96. The highest BCUT2D eigenvalue weighted by Crippen LogP contribution is 2.54. The van der Waals surface area contributed by atoms with Gasteiger partial charge in [-0.15, -0.1) is 0 Å². The van der Waals surface area contributed by atoms with E-state index in [0.29, 0.717) is 11.3 Å². The summed E-state index contributed by atoms with van der Waals surface area (Å²) in [6.07, 6.45) is 4.08. The Morgan fingerprint density at radius 2 is 1.97 bits per heavy atom. The zero-order valence-corrected chi connectivity index (χ0v) is 22.1. The summed E-state index contributed by atoms with van der Waals surface area (Å²) < 4.78 is 5.86. The SMILES string of the molecule is CCCCN1CCC[C@H]1c1cc(O)c2c(c1OC)C[C@H]1C[C@H]3[C@H](N)C(=O)C(C(N)=O)=C(O)[C@@]3(O)C(=O)C1=C2O. The number of aliphatic hydroxyl groups excluding tert-OH is 2. The number of methoxy groups -OCH3 is 1. The van der Waals surface area contributed by atoms with Crippen molar-refractivity contribution in [3.63, 3.8) is 0 Å². The number of likely N-dealkylation sites (tertiary alicyclic amines) is 1. The lowest BCUT2D eigenvalue weighted by molar-refractivity contribution is -0.149. The maximum absolute atomic E-state index is 13.8. The van der Waals surface area contributed by atoms with Crippen LogP contribution in [-0.4, -0.2) is 74.6 Å². The van der Waals surface area contributed by atoms with Crippen molar-refractivity contribution in [3.05, 3.63) is 39.7 Å². The third-order valence-electron chi connectivity index (χ3n) is 8.96. The fourth-order valence-corrected chi connectivity index (χ4v) is 7.09. The van der Waals surface area contributed by atoms with Gasteiger partial charge in [0, 0.05) is 28.7 Å². The van der Waals surface area contributed by atoms with Crippen molar-refractivity contribution >= 4 is 23.2 Å². The van der Waals surface area contributed by atoms with Crippen LogP contribution in [0.3, 0.4) is 0 Å². The second-order valence-electron chi connectivity index (χ2n) is 11.0. The van der Waals surface area contributed by atoms with Crippen LogP contribution in [-0.2, 0) is 20.8 Å². The minimum Gasteiger partial charge on any atom is -0.508 e. The molecule has 1 saturated carbocycles. The summed E-state index contributed by atoms with van der Waals surface area (Å²) >= 11 is 0. The molecule has 5 rings (SSSR count). The van der Waals surface area contributed by atoms with Gasteiger partial charge in [0.05, 0.1) is 18.7 Å². The molecule has 5 atom stereocenters. The van der Waals surface area contributed by atoms with Gasteiger partial charge in [-0.2, -0.15) is 0 Å². The summed E-state index contributed by atoms with van der Waals surface area (Å²) in [4.78, 5) is 40.8. The fourth-order valence-electron chi connectivity index (χ4n) is 7.09. The van der Waals surface area contributed by atoms with Crippen molar-refractivity contribution in [2.75, 3.05) is 20.2 Å². The van der Waals surface area contributed by atoms with Gasteiger partial charge in [0.15, 0.2) is 11.4 Å². The number of nitrogens with zero attached hydrogens (tertiary/aromatic N) is 1. The zero-order chi connectivity index (χ0) is 28.4. The number of Topliss-reactive ketones (excluding diaryl/α,β-unsaturated/α-hetero) is 2. The van der Waals surface area contributed by atoms with Gasteiger partial charge in [-0.3, -0.25) is 19.3 Å². The molecular formula is C28H35N3O8. The van der Waals surface area contributed by atoms with E-state index in [-0.39, 0.29) is 35.8 Å². The second kappa shape index (κ2) is 9.65. The third-order valence-corrected chi connectivity index (χ3v) is 8.96. The Labute approximate surface area is 225 Å². The molecule has 2 fully saturated rings. The number of ketones is 2. The monoisotopic (exact) mass is 541 g/mol. The maximum atomic E-state index is 13.8. The number of rotatable bonds is 6. The van der Waals surface area contributed by atoms with E-state index in [1.54, 1.807) is 6.07 Å². The maximum Gasteiger partial charge on any atom is 0.255 e. The number of ether oxygens (including phenoxy) is 1. The molecule has 3 aliphatic carbocycles. The molecule has 1 aromatic carbocycles. The van der Waals surface area contributed by atoms with Gasteiger partial charge in [0.25, 0.3) is 5.91 Å². The average molecular weight is 542 g/mol. The lowest BCUT2D eigenvalue weighted by Crippen LogP contribution is -2.65. The number of amides is 1. The first kappa shape index (κ1) is 27.2. The molecule has 0 radical (unpaired) electrons. The Morgan fingerprint density at radius 3 is 2.62 bits per heavy atom. The number of phenols is 1. The van der Waals surface area contributed by atoms with Crippen LogP contribution in [0.4, 0.5) is 0 Å². The number of unbranched alkanes of at least 4 members (excludes halogenated alkanes) is 1. The van der Waals surface area contributed by atoms with E-state index in [2.05, 4.69) is 11.8 Å². The first-order chi connectivity index (χ1) is 18.5. The molecule has 4 aliphatic rings. The van der Waals surface area contributed by atoms with Gasteiger partial charge in [-0.25, -0.2) is 0 Å². The number of carbonyl (C=O) groups is 3. The number of phenolic OH excluding ortho intramolecular Hbond substituents is 1. The molecule has 1 aromatic rings. The van der Waals surface area contributed by atoms with E-state index in [9.17, 15) is 34.8 Å². The van der Waals surface area contributed by atoms with Crippen molar-refractivity contribution < 1.29 is 39.5 Å². The molecule has 11 nitrogen and oxygen atoms in total. The molecule has 11 heteroatoms. The van der Waals surface area contributed by atoms with E-state index in [1.807, 2.05) is 0 Å². The van der Waals surface area contributed by atoms with Gasteiger partial charge in [-0.05, 0) is 57.2 Å². The van der Waals surface area contributed by atoms with E-state index >= 15 is 0 Å². The molecule has 1 saturated heterocycles. The molecular weight excluding hydrogens is 506 g/mol. The number of carbonyl (C=O) groups excluding carboxylic acids is 3. The van der Waals surface area contributed by atoms with Crippen LogP contribution in [0, 0.1) is 11.8 Å². The summed E-state index contributed by atoms with van der Waals surface area (Å²) in [5.74, 6) is -6.75. The predicted molar refractivity (Wildman–Crippen MR) is 140 cm³/mol. The van der Waals surface area contributed by atoms with Crippen molar-refractivity contribution in [2.24, 2.45) is 23.3 Å². The number of hydrogen-bond donors (Lipinski definition) is 6. The number of hydrogen-bond acceptors (Lipinski definition) is 10. The molecule has 0 unspecified atom stereocenters. The zero-order valence-electron chi connectivity index (χ0n) is 22.1. The second-order valence-corrected chi connectivity index (χ2v) is 11.0. The normalized spacial score (nSPS) is 30.8. The Bertz CT molecular complexity index is 1330. The van der Waals surface area contributed by atoms with Crippen LogP contribution in [0.15, 0.2) is 23.0 Å². The van der Waals surface area contributed by atoms with Gasteiger partial charge in [0.1, 0.15) is 28.6 Å². The lowest BCUT2D eigenvalue weighted by atomic mass is 9.58. The quantitative estimate of drug-likeness (QED) is 0.286. The van der Waals surface area contributed by atoms with Crippen LogP contribution in [0.1, 0.15) is 61.8 Å². The van der Waals surface area contributed by atoms with Crippen LogP contribution < -0.4 is 16.2 Å². The Balaban J connectivity index is 1.65. The highest BCUT2D eigenvalue weighted by molar-refractivity contribution is 6.24. The number of benzene rings is 1. The van der Waals surface area contributed by atoms with Gasteiger partial charge in [-0.1, -0.05) is 13.3 Å². The summed E-state index contributed by atoms with van der Waals surface area (Å²) in [6, 6.07) is 0.105. The average Bonchev–Trinajstić information content (AvgIpc) is 3.36. The van der Waals surface area contributed by atoms with E-state index in [1.165, 1.54) is 7.11 Å². The Morgan fingerprint density at radius 1 is 1.26 bits per heavy atom. The molecule has 0 aromatic heterocycles. The van der Waals surface area contributed by atoms with Crippen LogP contribution >= 0.6 is 0 Å². The third kappa shape index (κ3) is 3.78. The minimum atomic E-state index is -2.72. The van der Waals surface area contributed by atoms with Gasteiger partial charge in [0.2, 0.25) is 5.78 Å². The summed E-state index contributed by atoms with van der Waals surface area (Å²) in [5.41, 5.74) is 8.82. The lowest BCUT2D eigenvalue weighted by Gasteiger charge is -2.48. The number of fused-ring (bicyclic) bond motifs is 3. The molecule has 210 valence electrons. The van der Waals surface area contributed by atoms with Crippen molar-refractivity contribution in [2.45, 2.75) is 63.1 Å². The van der Waals surface area contributed by atoms with Crippen LogP contribution in [0.2, 0.25) is 0 Å². The van der Waals surface area contributed by atoms with Gasteiger partial charge >= 0.3 is 0 Å². The van der Waals surface area contributed by atoms with E-state index < -0.39 is 58.0 Å². The van der Waals surface area contributed by atoms with Gasteiger partial charge < -0.3 is 36.6 Å². The summed E-state index contributed by atoms with van der Waals surface area (Å²) in [7, 11) is 1.52. The van der Waals surface area contributed by atoms with Crippen molar-refractivity contribution in [1.29, 1.82) is 0 Å². The molecule has 8 N–H and O–H groups in total. The molecule has 0 bridgehead atoms. The van der Waals surface area contributed by atoms with E-state index in [0.717, 1.165) is 44.3 Å². The molecule has 39 heavy (non-hydrogen) atoms. The highest BCUT2D eigenvalue weighted by atomic mass is 16.5. The Kier molecular flexibility index (Phi) is 6.72.